The highest BCUT2D eigenvalue weighted by atomic mass is 35.5. The zero-order valence-corrected chi connectivity index (χ0v) is 27.0. The van der Waals surface area contributed by atoms with E-state index in [4.69, 9.17) is 23.7 Å². The molecule has 6 aliphatic carbocycles. The van der Waals surface area contributed by atoms with Crippen molar-refractivity contribution in [1.82, 2.24) is 16.0 Å². The van der Waals surface area contributed by atoms with Crippen LogP contribution in [0, 0.1) is 35.5 Å². The number of fused-ring (bicyclic) bond motifs is 6. The molecule has 6 saturated carbocycles. The van der Waals surface area contributed by atoms with Crippen molar-refractivity contribution in [2.45, 2.75) is 93.7 Å². The molecule has 0 unspecified atom stereocenters. The van der Waals surface area contributed by atoms with E-state index in [1.807, 2.05) is 6.07 Å². The summed E-state index contributed by atoms with van der Waals surface area (Å²) in [5, 5.41) is 8.93. The number of rotatable bonds is 3. The van der Waals surface area contributed by atoms with Crippen molar-refractivity contribution in [1.29, 1.82) is 0 Å². The molecular weight excluding hydrogens is 660 g/mol. The maximum absolute atomic E-state index is 13.5. The number of amides is 1. The third-order valence-electron chi connectivity index (χ3n) is 10.4. The van der Waals surface area contributed by atoms with E-state index in [1.165, 1.54) is 0 Å². The molecule has 0 saturated heterocycles. The van der Waals surface area contributed by atoms with E-state index in [0.29, 0.717) is 44.1 Å². The van der Waals surface area contributed by atoms with E-state index in [-0.39, 0.29) is 83.7 Å². The molecule has 1 aromatic carbocycles. The Balaban J connectivity index is 0.000000164. The molecule has 0 aromatic heterocycles. The summed E-state index contributed by atoms with van der Waals surface area (Å²) in [5.41, 5.74) is 11.4. The van der Waals surface area contributed by atoms with Crippen molar-refractivity contribution in [2.75, 3.05) is 0 Å². The molecule has 7 N–H and O–H groups in total. The second-order valence-corrected chi connectivity index (χ2v) is 14.2. The van der Waals surface area contributed by atoms with Crippen LogP contribution in [-0.4, -0.2) is 52.0 Å². The van der Waals surface area contributed by atoms with E-state index in [2.05, 4.69) is 28.2 Å². The molecule has 252 valence electrons. The molecule has 1 amide bonds. The molecule has 6 nitrogen and oxygen atoms in total. The van der Waals surface area contributed by atoms with Gasteiger partial charge in [0, 0.05) is 60.7 Å². The zero-order chi connectivity index (χ0) is 32.0. The predicted molar refractivity (Wildman–Crippen MR) is 170 cm³/mol. The van der Waals surface area contributed by atoms with Gasteiger partial charge in [0.2, 0.25) is 0 Å². The molecule has 0 radical (unpaired) electrons. The van der Waals surface area contributed by atoms with Crippen LogP contribution in [0.25, 0.3) is 0 Å². The van der Waals surface area contributed by atoms with Crippen molar-refractivity contribution in [3.63, 3.8) is 0 Å². The van der Waals surface area contributed by atoms with Crippen LogP contribution < -0.4 is 27.4 Å². The van der Waals surface area contributed by atoms with Crippen molar-refractivity contribution in [3.05, 3.63) is 35.9 Å². The Labute approximate surface area is 276 Å². The lowest BCUT2D eigenvalue weighted by molar-refractivity contribution is -0.0559. The molecule has 6 aliphatic rings. The highest BCUT2D eigenvalue weighted by molar-refractivity contribution is 7.80. The highest BCUT2D eigenvalue weighted by Gasteiger charge is 2.58. The van der Waals surface area contributed by atoms with Crippen molar-refractivity contribution in [2.24, 2.45) is 47.0 Å². The Morgan fingerprint density at radius 3 is 1.51 bits per heavy atom. The molecular formula is C30H40ClF6N5OS2. The Kier molecular flexibility index (Phi) is 10.9. The van der Waals surface area contributed by atoms with Crippen LogP contribution in [0.2, 0.25) is 0 Å². The van der Waals surface area contributed by atoms with Crippen LogP contribution >= 0.6 is 36.8 Å². The van der Waals surface area contributed by atoms with Gasteiger partial charge in [-0.3, -0.25) is 10.1 Å². The number of halogens is 7. The van der Waals surface area contributed by atoms with Gasteiger partial charge in [0.1, 0.15) is 0 Å². The van der Waals surface area contributed by atoms with Crippen molar-refractivity contribution >= 4 is 53.0 Å². The number of carbonyl (C=O) groups is 1. The van der Waals surface area contributed by atoms with Crippen LogP contribution in [0.15, 0.2) is 30.3 Å². The summed E-state index contributed by atoms with van der Waals surface area (Å²) in [4.78, 5) is 11.9. The molecule has 0 aliphatic heterocycles. The van der Waals surface area contributed by atoms with E-state index in [1.54, 1.807) is 24.3 Å². The Morgan fingerprint density at radius 1 is 0.711 bits per heavy atom. The molecule has 9 atom stereocenters. The number of alkyl halides is 6. The minimum absolute atomic E-state index is 0. The highest BCUT2D eigenvalue weighted by Crippen LogP contribution is 2.55. The number of hydrogen-bond acceptors (Lipinski definition) is 4. The Morgan fingerprint density at radius 2 is 1.16 bits per heavy atom. The quantitative estimate of drug-likeness (QED) is 0.201. The van der Waals surface area contributed by atoms with Gasteiger partial charge in [0.25, 0.3) is 23.7 Å². The molecule has 6 fully saturated rings. The maximum atomic E-state index is 13.5. The van der Waals surface area contributed by atoms with Gasteiger partial charge in [-0.1, -0.05) is 18.2 Å². The summed E-state index contributed by atoms with van der Waals surface area (Å²) in [5.74, 6) is -8.94. The topological polar surface area (TPSA) is 105 Å². The normalized spacial score (nSPS) is 36.5. The zero-order valence-electron chi connectivity index (χ0n) is 24.5. The van der Waals surface area contributed by atoms with Gasteiger partial charge in [0.15, 0.2) is 10.2 Å². The van der Waals surface area contributed by atoms with E-state index >= 15 is 0 Å². The fourth-order valence-electron chi connectivity index (χ4n) is 8.18. The lowest BCUT2D eigenvalue weighted by Gasteiger charge is -2.29. The second-order valence-electron chi connectivity index (χ2n) is 13.4. The Bertz CT molecular complexity index is 1240. The number of nitrogens with two attached hydrogens (primary N) is 2. The second kappa shape index (κ2) is 13.7. The first kappa shape index (κ1) is 35.9. The monoisotopic (exact) mass is 699 g/mol. The van der Waals surface area contributed by atoms with E-state index in [0.717, 1.165) is 0 Å². The third-order valence-corrected chi connectivity index (χ3v) is 10.8. The summed E-state index contributed by atoms with van der Waals surface area (Å²) < 4.78 is 78.5. The minimum Gasteiger partial charge on any atom is -0.376 e. The SMILES string of the molecule is Cl.NC(=S)N[C@H]1C[C@H]2C[C@@H]1CC2(F)F.N[C@H]1C[C@H]2C[C@@H]1CC2(F)F.O=C(NC(=S)N[C@H]1C[C@H]2C[C@@H]1CC2(F)F)c1ccccc1. The smallest absolute Gasteiger partial charge is 0.257 e. The molecule has 15 heteroatoms. The Hall–Kier alpha value is -1.90. The molecule has 45 heavy (non-hydrogen) atoms. The van der Waals surface area contributed by atoms with Gasteiger partial charge in [0.05, 0.1) is 0 Å². The summed E-state index contributed by atoms with van der Waals surface area (Å²) in [6.45, 7) is 0. The summed E-state index contributed by atoms with van der Waals surface area (Å²) in [7, 11) is 0. The van der Waals surface area contributed by atoms with Crippen LogP contribution in [0.1, 0.15) is 68.1 Å². The van der Waals surface area contributed by atoms with Gasteiger partial charge in [-0.15, -0.1) is 12.4 Å². The summed E-state index contributed by atoms with van der Waals surface area (Å²) in [6, 6.07) is 8.83. The number of benzene rings is 1. The van der Waals surface area contributed by atoms with E-state index in [9.17, 15) is 31.1 Å². The van der Waals surface area contributed by atoms with Crippen LogP contribution in [-0.2, 0) is 0 Å². The third kappa shape index (κ3) is 8.16. The minimum atomic E-state index is -2.53. The molecule has 0 spiro atoms. The molecule has 0 heterocycles. The van der Waals surface area contributed by atoms with Gasteiger partial charge >= 0.3 is 0 Å². The van der Waals surface area contributed by atoms with Crippen LogP contribution in [0.5, 0.6) is 0 Å². The molecule has 7 rings (SSSR count). The number of thiocarbonyl (C=S) groups is 2. The maximum Gasteiger partial charge on any atom is 0.257 e. The summed E-state index contributed by atoms with van der Waals surface area (Å²) in [6.07, 6.45) is 3.24. The largest absolute Gasteiger partial charge is 0.376 e. The average molecular weight is 700 g/mol. The fourth-order valence-corrected chi connectivity index (χ4v) is 8.58. The molecule has 1 aromatic rings. The number of hydrogen-bond donors (Lipinski definition) is 5. The standard InChI is InChI=1S/C15H16F2N2OS.C8H12F2N2S.C7H11F2N.ClH/c16-15(17)8-10-6-11(15)7-12(10)18-14(21)19-13(20)9-4-2-1-3-5-9;9-8(10)3-4-1-5(8)2-6(4)12-7(11)13;8-7(9)3-4-1-5(7)2-6(4)10;/h1-5,10-12H,6-8H2,(H2,18,19,20,21);4-6H,1-3H2,(H3,11,12,13);4-6H,1-3,10H2;1H/t10-,11-,12+;2*4-,5-,6+;/m111./s1. The van der Waals surface area contributed by atoms with Crippen molar-refractivity contribution < 1.29 is 31.1 Å². The van der Waals surface area contributed by atoms with Crippen LogP contribution in [0.4, 0.5) is 26.3 Å². The first-order valence-corrected chi connectivity index (χ1v) is 16.0. The average Bonchev–Trinajstić information content (AvgIpc) is 3.75. The first-order chi connectivity index (χ1) is 20.5. The number of nitrogens with one attached hydrogen (secondary N) is 3. The van der Waals surface area contributed by atoms with Crippen LogP contribution in [0.3, 0.4) is 0 Å². The molecule has 6 bridgehead atoms. The van der Waals surface area contributed by atoms with Gasteiger partial charge in [-0.25, -0.2) is 26.3 Å². The predicted octanol–water partition coefficient (Wildman–Crippen LogP) is 5.78. The van der Waals surface area contributed by atoms with Gasteiger partial charge < -0.3 is 22.1 Å². The first-order valence-electron chi connectivity index (χ1n) is 15.2. The lowest BCUT2D eigenvalue weighted by Crippen LogP contribution is -2.48. The fraction of sp³-hybridized carbons (Fsp3) is 0.700. The van der Waals surface area contributed by atoms with Gasteiger partial charge in [-0.05, 0) is 92.8 Å². The summed E-state index contributed by atoms with van der Waals surface area (Å²) >= 11 is 9.79. The van der Waals surface area contributed by atoms with Gasteiger partial charge in [-0.2, -0.15) is 0 Å². The number of carbonyl (C=O) groups excluding carboxylic acids is 1. The van der Waals surface area contributed by atoms with E-state index < -0.39 is 35.5 Å². The lowest BCUT2D eigenvalue weighted by atomic mass is 9.92. The van der Waals surface area contributed by atoms with Crippen molar-refractivity contribution in [3.8, 4) is 0 Å².